The van der Waals surface area contributed by atoms with Gasteiger partial charge in [-0.1, -0.05) is 26.0 Å². The average Bonchev–Trinajstić information content (AvgIpc) is 3.26. The van der Waals surface area contributed by atoms with Crippen LogP contribution in [0, 0.1) is 5.41 Å². The zero-order valence-electron chi connectivity index (χ0n) is 12.7. The van der Waals surface area contributed by atoms with Crippen LogP contribution in [0.4, 0.5) is 0 Å². The summed E-state index contributed by atoms with van der Waals surface area (Å²) in [5.74, 6) is 0.843. The fraction of sp³-hybridized carbons (Fsp3) is 0.647. The molecule has 0 heterocycles. The number of aryl methyl sites for hydroxylation is 1. The third-order valence-electron chi connectivity index (χ3n) is 4.34. The van der Waals surface area contributed by atoms with E-state index < -0.39 is 6.10 Å². The van der Waals surface area contributed by atoms with Crippen molar-refractivity contribution in [2.45, 2.75) is 45.6 Å². The summed E-state index contributed by atoms with van der Waals surface area (Å²) in [6.45, 7) is 6.34. The van der Waals surface area contributed by atoms with Gasteiger partial charge in [0.25, 0.3) is 0 Å². The predicted molar refractivity (Wildman–Crippen MR) is 82.1 cm³/mol. The molecule has 112 valence electrons. The van der Waals surface area contributed by atoms with E-state index in [0.29, 0.717) is 18.6 Å². The zero-order valence-corrected chi connectivity index (χ0v) is 12.7. The van der Waals surface area contributed by atoms with Gasteiger partial charge in [0.1, 0.15) is 18.5 Å². The molecule has 3 nitrogen and oxygen atoms in total. The Labute approximate surface area is 122 Å². The summed E-state index contributed by atoms with van der Waals surface area (Å²) in [5.41, 5.74) is 1.78. The minimum absolute atomic E-state index is 0.347. The van der Waals surface area contributed by atoms with Gasteiger partial charge < -0.3 is 15.2 Å². The molecule has 1 aromatic carbocycles. The van der Waals surface area contributed by atoms with Crippen molar-refractivity contribution in [3.05, 3.63) is 29.8 Å². The maximum atomic E-state index is 9.94. The Balaban J connectivity index is 1.65. The predicted octanol–water partition coefficient (Wildman–Crippen LogP) is 2.77. The van der Waals surface area contributed by atoms with Gasteiger partial charge in [0.2, 0.25) is 0 Å². The number of ether oxygens (including phenoxy) is 1. The van der Waals surface area contributed by atoms with Gasteiger partial charge in [-0.05, 0) is 48.8 Å². The van der Waals surface area contributed by atoms with Crippen molar-refractivity contribution in [3.8, 4) is 5.75 Å². The molecule has 20 heavy (non-hydrogen) atoms. The molecule has 0 spiro atoms. The molecule has 1 fully saturated rings. The highest BCUT2D eigenvalue weighted by atomic mass is 16.5. The third kappa shape index (κ3) is 4.50. The van der Waals surface area contributed by atoms with E-state index in [2.05, 4.69) is 25.2 Å². The first kappa shape index (κ1) is 15.3. The molecule has 0 radical (unpaired) electrons. The summed E-state index contributed by atoms with van der Waals surface area (Å²) >= 11 is 0. The van der Waals surface area contributed by atoms with Crippen LogP contribution < -0.4 is 10.1 Å². The Morgan fingerprint density at radius 1 is 1.35 bits per heavy atom. The molecule has 2 rings (SSSR count). The lowest BCUT2D eigenvalue weighted by atomic mass is 10.0. The standard InChI is InChI=1S/C17H27NO2/c1-3-14-6-5-7-16(10-14)20-12-15(19)11-18-13-17(4-2)8-9-17/h5-7,10,15,18-19H,3-4,8-9,11-13H2,1-2H3. The fourth-order valence-electron chi connectivity index (χ4n) is 2.44. The monoisotopic (exact) mass is 277 g/mol. The SMILES string of the molecule is CCc1cccc(OCC(O)CNCC2(CC)CC2)c1. The van der Waals surface area contributed by atoms with Crippen LogP contribution in [0.3, 0.4) is 0 Å². The molecule has 1 atom stereocenters. The van der Waals surface area contributed by atoms with Crippen molar-refractivity contribution < 1.29 is 9.84 Å². The van der Waals surface area contributed by atoms with Crippen molar-refractivity contribution in [1.29, 1.82) is 0 Å². The first-order valence-electron chi connectivity index (χ1n) is 7.78. The molecule has 1 unspecified atom stereocenters. The highest BCUT2D eigenvalue weighted by molar-refractivity contribution is 5.28. The molecule has 1 saturated carbocycles. The van der Waals surface area contributed by atoms with Gasteiger partial charge in [0, 0.05) is 13.1 Å². The van der Waals surface area contributed by atoms with E-state index >= 15 is 0 Å². The van der Waals surface area contributed by atoms with Crippen LogP contribution in [0.5, 0.6) is 5.75 Å². The highest BCUT2D eigenvalue weighted by Gasteiger charge is 2.39. The van der Waals surface area contributed by atoms with Gasteiger partial charge in [-0.3, -0.25) is 0 Å². The van der Waals surface area contributed by atoms with E-state index in [0.717, 1.165) is 18.7 Å². The van der Waals surface area contributed by atoms with Gasteiger partial charge in [-0.2, -0.15) is 0 Å². The number of aliphatic hydroxyl groups excluding tert-OH is 1. The maximum absolute atomic E-state index is 9.94. The van der Waals surface area contributed by atoms with E-state index in [1.54, 1.807) is 0 Å². The number of rotatable bonds is 9. The van der Waals surface area contributed by atoms with Crippen molar-refractivity contribution in [2.24, 2.45) is 5.41 Å². The molecule has 1 aliphatic rings. The molecule has 0 aliphatic heterocycles. The number of aliphatic hydroxyl groups is 1. The number of benzene rings is 1. The maximum Gasteiger partial charge on any atom is 0.119 e. The first-order chi connectivity index (χ1) is 9.67. The summed E-state index contributed by atoms with van der Waals surface area (Å²) in [5, 5.41) is 13.3. The number of nitrogens with one attached hydrogen (secondary N) is 1. The van der Waals surface area contributed by atoms with Crippen molar-refractivity contribution in [1.82, 2.24) is 5.32 Å². The second kappa shape index (κ2) is 7.09. The number of hydrogen-bond donors (Lipinski definition) is 2. The van der Waals surface area contributed by atoms with E-state index in [-0.39, 0.29) is 0 Å². The molecule has 1 aromatic rings. The summed E-state index contributed by atoms with van der Waals surface area (Å²) in [6.07, 6.45) is 4.43. The van der Waals surface area contributed by atoms with Crippen LogP contribution >= 0.6 is 0 Å². The molecular formula is C17H27NO2. The topological polar surface area (TPSA) is 41.5 Å². The Morgan fingerprint density at radius 2 is 2.15 bits per heavy atom. The molecule has 2 N–H and O–H groups in total. The minimum atomic E-state index is -0.451. The molecule has 0 saturated heterocycles. The van der Waals surface area contributed by atoms with Crippen LogP contribution in [0.1, 0.15) is 38.7 Å². The fourth-order valence-corrected chi connectivity index (χ4v) is 2.44. The van der Waals surface area contributed by atoms with E-state index in [1.807, 2.05) is 18.2 Å². The molecule has 0 amide bonds. The van der Waals surface area contributed by atoms with Crippen molar-refractivity contribution in [2.75, 3.05) is 19.7 Å². The van der Waals surface area contributed by atoms with Crippen LogP contribution in [-0.2, 0) is 6.42 Å². The second-order valence-corrected chi connectivity index (χ2v) is 5.95. The minimum Gasteiger partial charge on any atom is -0.491 e. The Kier molecular flexibility index (Phi) is 5.44. The highest BCUT2D eigenvalue weighted by Crippen LogP contribution is 2.47. The largest absolute Gasteiger partial charge is 0.491 e. The van der Waals surface area contributed by atoms with Crippen LogP contribution in [0.25, 0.3) is 0 Å². The van der Waals surface area contributed by atoms with E-state index in [9.17, 15) is 5.11 Å². The molecule has 0 bridgehead atoms. The summed E-state index contributed by atoms with van der Waals surface area (Å²) in [4.78, 5) is 0. The summed E-state index contributed by atoms with van der Waals surface area (Å²) in [7, 11) is 0. The average molecular weight is 277 g/mol. The number of hydrogen-bond acceptors (Lipinski definition) is 3. The van der Waals surface area contributed by atoms with E-state index in [4.69, 9.17) is 4.74 Å². The van der Waals surface area contributed by atoms with Crippen molar-refractivity contribution in [3.63, 3.8) is 0 Å². The van der Waals surface area contributed by atoms with Crippen molar-refractivity contribution >= 4 is 0 Å². The van der Waals surface area contributed by atoms with Gasteiger partial charge in [-0.15, -0.1) is 0 Å². The third-order valence-corrected chi connectivity index (χ3v) is 4.34. The Morgan fingerprint density at radius 3 is 2.80 bits per heavy atom. The first-order valence-corrected chi connectivity index (χ1v) is 7.78. The second-order valence-electron chi connectivity index (χ2n) is 5.95. The van der Waals surface area contributed by atoms with Crippen LogP contribution in [0.2, 0.25) is 0 Å². The van der Waals surface area contributed by atoms with Gasteiger partial charge in [0.05, 0.1) is 0 Å². The van der Waals surface area contributed by atoms with Crippen LogP contribution in [-0.4, -0.2) is 30.9 Å². The molecular weight excluding hydrogens is 250 g/mol. The quantitative estimate of drug-likeness (QED) is 0.729. The van der Waals surface area contributed by atoms with Crippen LogP contribution in [0.15, 0.2) is 24.3 Å². The van der Waals surface area contributed by atoms with Gasteiger partial charge in [0.15, 0.2) is 0 Å². The lowest BCUT2D eigenvalue weighted by Gasteiger charge is -2.17. The molecule has 0 aromatic heterocycles. The van der Waals surface area contributed by atoms with Gasteiger partial charge in [-0.25, -0.2) is 0 Å². The molecule has 1 aliphatic carbocycles. The zero-order chi connectivity index (χ0) is 14.4. The smallest absolute Gasteiger partial charge is 0.119 e. The summed E-state index contributed by atoms with van der Waals surface area (Å²) < 4.78 is 5.64. The normalized spacial score (nSPS) is 17.8. The Hall–Kier alpha value is -1.06. The Bertz CT molecular complexity index is 415. The summed E-state index contributed by atoms with van der Waals surface area (Å²) in [6, 6.07) is 8.06. The lowest BCUT2D eigenvalue weighted by Crippen LogP contribution is -2.34. The lowest BCUT2D eigenvalue weighted by molar-refractivity contribution is 0.105. The van der Waals surface area contributed by atoms with Gasteiger partial charge >= 0.3 is 0 Å². The molecule has 3 heteroatoms. The van der Waals surface area contributed by atoms with E-state index in [1.165, 1.54) is 24.8 Å².